The number of aliphatic hydroxyl groups excluding tert-OH is 1. The lowest BCUT2D eigenvalue weighted by atomic mass is 9.78. The average molecular weight is 522 g/mol. The first-order valence-electron chi connectivity index (χ1n) is 13.3. The molecule has 2 fully saturated rings. The van der Waals surface area contributed by atoms with Crippen molar-refractivity contribution in [2.75, 3.05) is 58.9 Å². The molecule has 4 aliphatic rings. The van der Waals surface area contributed by atoms with Crippen molar-refractivity contribution in [1.82, 2.24) is 14.4 Å². The van der Waals surface area contributed by atoms with Crippen LogP contribution in [0.2, 0.25) is 0 Å². The van der Waals surface area contributed by atoms with E-state index in [9.17, 15) is 9.90 Å². The number of nitrogens with one attached hydrogen (secondary N) is 2. The molecular formula is C27H35N7O2S. The molecule has 0 radical (unpaired) electrons. The Bertz CT molecular complexity index is 1280. The summed E-state index contributed by atoms with van der Waals surface area (Å²) in [6.45, 7) is 2.90. The Morgan fingerprint density at radius 2 is 2.08 bits per heavy atom. The summed E-state index contributed by atoms with van der Waals surface area (Å²) in [6.07, 6.45) is 12.8. The molecule has 0 unspecified atom stereocenters. The number of piperidine rings is 1. The zero-order valence-corrected chi connectivity index (χ0v) is 22.1. The summed E-state index contributed by atoms with van der Waals surface area (Å²) >= 11 is 1.57. The van der Waals surface area contributed by atoms with Gasteiger partial charge in [-0.3, -0.25) is 4.79 Å². The van der Waals surface area contributed by atoms with Gasteiger partial charge in [0.25, 0.3) is 5.91 Å². The highest BCUT2D eigenvalue weighted by atomic mass is 32.2. The van der Waals surface area contributed by atoms with E-state index in [1.54, 1.807) is 18.1 Å². The van der Waals surface area contributed by atoms with Gasteiger partial charge in [0.1, 0.15) is 0 Å². The Balaban J connectivity index is 1.37. The molecule has 1 saturated carbocycles. The zero-order chi connectivity index (χ0) is 25.4. The Morgan fingerprint density at radius 1 is 1.24 bits per heavy atom. The minimum absolute atomic E-state index is 0.128. The molecule has 3 aromatic rings. The molecular weight excluding hydrogens is 486 g/mol. The molecule has 1 saturated heterocycles. The van der Waals surface area contributed by atoms with Gasteiger partial charge in [0.15, 0.2) is 17.3 Å². The predicted molar refractivity (Wildman–Crippen MR) is 150 cm³/mol. The number of rotatable bonds is 4. The van der Waals surface area contributed by atoms with Crippen LogP contribution in [0.25, 0.3) is 5.65 Å². The molecule has 1 aliphatic carbocycles. The minimum Gasteiger partial charge on any atom is -0.395 e. The molecule has 2 aromatic heterocycles. The number of amides is 1. The van der Waals surface area contributed by atoms with E-state index in [1.807, 2.05) is 36.0 Å². The fourth-order valence-electron chi connectivity index (χ4n) is 6.12. The van der Waals surface area contributed by atoms with Gasteiger partial charge < -0.3 is 29.3 Å². The van der Waals surface area contributed by atoms with Gasteiger partial charge in [-0.25, -0.2) is 9.97 Å². The number of carbonyl (C=O) groups is 1. The van der Waals surface area contributed by atoms with Gasteiger partial charge in [0.05, 0.1) is 24.1 Å². The molecule has 9 nitrogen and oxygen atoms in total. The van der Waals surface area contributed by atoms with Gasteiger partial charge in [-0.15, -0.1) is 0 Å². The highest BCUT2D eigenvalue weighted by Gasteiger charge is 2.48. The quantitative estimate of drug-likeness (QED) is 0.438. The third kappa shape index (κ3) is 4.84. The summed E-state index contributed by atoms with van der Waals surface area (Å²) in [6, 6.07) is 6.02. The van der Waals surface area contributed by atoms with Crippen molar-refractivity contribution in [3.8, 4) is 0 Å². The van der Waals surface area contributed by atoms with Crippen LogP contribution in [0, 0.1) is 11.3 Å². The Hall–Kier alpha value is -2.98. The maximum atomic E-state index is 13.6. The number of hydrogen-bond donors (Lipinski definition) is 3. The van der Waals surface area contributed by atoms with E-state index in [0.29, 0.717) is 28.4 Å². The predicted octanol–water partition coefficient (Wildman–Crippen LogP) is 4.26. The molecule has 1 aromatic carbocycles. The molecule has 0 atom stereocenters. The molecule has 196 valence electrons. The highest BCUT2D eigenvalue weighted by molar-refractivity contribution is 8.00. The number of benzene rings is 1. The number of carbonyl (C=O) groups excluding carboxylic acids is 1. The Morgan fingerprint density at radius 3 is 2.86 bits per heavy atom. The van der Waals surface area contributed by atoms with Crippen LogP contribution in [-0.4, -0.2) is 64.4 Å². The monoisotopic (exact) mass is 521 g/mol. The van der Waals surface area contributed by atoms with Gasteiger partial charge in [-0.1, -0.05) is 0 Å². The normalized spacial score (nSPS) is 19.5. The first-order chi connectivity index (χ1) is 18.1. The van der Waals surface area contributed by atoms with Gasteiger partial charge in [-0.2, -0.15) is 0 Å². The van der Waals surface area contributed by atoms with E-state index in [0.717, 1.165) is 49.0 Å². The number of aliphatic hydroxyl groups is 1. The van der Waals surface area contributed by atoms with Crippen LogP contribution >= 0.6 is 11.9 Å². The van der Waals surface area contributed by atoms with Crippen LogP contribution in [0.3, 0.4) is 0 Å². The molecule has 3 aliphatic heterocycles. The third-order valence-electron chi connectivity index (χ3n) is 8.32. The van der Waals surface area contributed by atoms with Crippen molar-refractivity contribution in [2.45, 2.75) is 38.5 Å². The van der Waals surface area contributed by atoms with E-state index >= 15 is 0 Å². The molecule has 37 heavy (non-hydrogen) atoms. The third-order valence-corrected chi connectivity index (χ3v) is 9.28. The number of hydrogen-bond acceptors (Lipinski definition) is 8. The van der Waals surface area contributed by atoms with E-state index < -0.39 is 0 Å². The second-order valence-electron chi connectivity index (χ2n) is 10.5. The summed E-state index contributed by atoms with van der Waals surface area (Å²) in [7, 11) is 2.00. The Kier molecular flexibility index (Phi) is 6.62. The summed E-state index contributed by atoms with van der Waals surface area (Å²) < 4.78 is 3.96. The maximum absolute atomic E-state index is 13.6. The van der Waals surface area contributed by atoms with Crippen molar-refractivity contribution >= 4 is 46.5 Å². The summed E-state index contributed by atoms with van der Waals surface area (Å²) in [5.74, 6) is 2.40. The zero-order valence-electron chi connectivity index (χ0n) is 21.3. The average Bonchev–Trinajstić information content (AvgIpc) is 3.56. The largest absolute Gasteiger partial charge is 0.395 e. The number of imidazole rings is 1. The number of fused-ring (bicyclic) bond motifs is 7. The van der Waals surface area contributed by atoms with Gasteiger partial charge in [-0.05, 0) is 80.0 Å². The van der Waals surface area contributed by atoms with Crippen LogP contribution in [0.4, 0.5) is 23.0 Å². The van der Waals surface area contributed by atoms with E-state index in [4.69, 9.17) is 4.98 Å². The van der Waals surface area contributed by atoms with Crippen molar-refractivity contribution in [2.24, 2.45) is 11.3 Å². The Labute approximate surface area is 221 Å². The topological polar surface area (TPSA) is 98.0 Å². The molecule has 7 rings (SSSR count). The molecule has 5 heterocycles. The van der Waals surface area contributed by atoms with Crippen molar-refractivity contribution in [3.63, 3.8) is 0 Å². The number of anilines is 4. The van der Waals surface area contributed by atoms with E-state index in [1.165, 1.54) is 32.1 Å². The summed E-state index contributed by atoms with van der Waals surface area (Å²) in [5.41, 5.74) is 3.89. The fourth-order valence-corrected chi connectivity index (χ4v) is 6.74. The lowest BCUT2D eigenvalue weighted by Crippen LogP contribution is -2.38. The molecule has 4 bridgehead atoms. The van der Waals surface area contributed by atoms with Crippen LogP contribution in [0.5, 0.6) is 0 Å². The molecule has 3 N–H and O–H groups in total. The van der Waals surface area contributed by atoms with E-state index in [2.05, 4.69) is 30.9 Å². The van der Waals surface area contributed by atoms with Gasteiger partial charge in [0, 0.05) is 50.5 Å². The van der Waals surface area contributed by atoms with Crippen molar-refractivity contribution in [3.05, 3.63) is 42.4 Å². The number of nitrogens with zero attached hydrogens (tertiary/aromatic N) is 5. The van der Waals surface area contributed by atoms with Crippen LogP contribution in [0.1, 0.15) is 48.9 Å². The summed E-state index contributed by atoms with van der Waals surface area (Å²) in [5, 5.41) is 15.8. The minimum atomic E-state index is -0.169. The highest BCUT2D eigenvalue weighted by Crippen LogP contribution is 2.58. The first-order valence-corrected chi connectivity index (χ1v) is 14.3. The van der Waals surface area contributed by atoms with E-state index in [-0.39, 0.29) is 12.5 Å². The van der Waals surface area contributed by atoms with Crippen LogP contribution in [0.15, 0.2) is 36.8 Å². The number of aromatic nitrogens is 3. The van der Waals surface area contributed by atoms with Crippen molar-refractivity contribution < 1.29 is 9.90 Å². The van der Waals surface area contributed by atoms with Crippen LogP contribution in [-0.2, 0) is 0 Å². The van der Waals surface area contributed by atoms with Gasteiger partial charge >= 0.3 is 0 Å². The first kappa shape index (κ1) is 24.4. The molecule has 10 heteroatoms. The lowest BCUT2D eigenvalue weighted by Gasteiger charge is -2.38. The molecule has 1 spiro atoms. The second-order valence-corrected chi connectivity index (χ2v) is 11.7. The maximum Gasteiger partial charge on any atom is 0.258 e. The fraction of sp³-hybridized carbons (Fsp3) is 0.519. The lowest BCUT2D eigenvalue weighted by molar-refractivity contribution is 0.102. The SMILES string of the molecule is CN(SCCO)c1ccc2c(c1)N1CCC(CC1)C1(CCCNc3nc(cn4ccnc34)NC2=O)CC1. The second kappa shape index (κ2) is 10.1. The summed E-state index contributed by atoms with van der Waals surface area (Å²) in [4.78, 5) is 25.2. The van der Waals surface area contributed by atoms with Gasteiger partial charge in [0.2, 0.25) is 0 Å². The van der Waals surface area contributed by atoms with Crippen LogP contribution < -0.4 is 19.8 Å². The van der Waals surface area contributed by atoms with Crippen molar-refractivity contribution in [1.29, 1.82) is 0 Å². The molecule has 1 amide bonds. The standard InChI is InChI=1S/C27H35N7O2S/c1-32(37-16-15-35)20-3-4-21-22(17-20)33-12-5-19(6-13-33)27(8-9-27)7-2-10-28-24-25-29-11-14-34(25)18-23(30-24)31-26(21)36/h3-4,11,14,17-19,35H,2,5-10,12-13,15-16H2,1H3,(H,28,30)(H,31,36). The smallest absolute Gasteiger partial charge is 0.258 e.